The van der Waals surface area contributed by atoms with Crippen LogP contribution in [0.2, 0.25) is 0 Å². The van der Waals surface area contributed by atoms with E-state index in [1.54, 1.807) is 11.3 Å². The summed E-state index contributed by atoms with van der Waals surface area (Å²) < 4.78 is 2.49. The molecule has 2 heterocycles. The van der Waals surface area contributed by atoms with Crippen molar-refractivity contribution in [3.05, 3.63) is 29.6 Å². The smallest absolute Gasteiger partial charge is 0.241 e. The fourth-order valence-corrected chi connectivity index (χ4v) is 2.58. The van der Waals surface area contributed by atoms with Crippen molar-refractivity contribution in [3.63, 3.8) is 0 Å². The third kappa shape index (κ3) is 1.17. The van der Waals surface area contributed by atoms with Crippen LogP contribution in [0, 0.1) is 0 Å². The monoisotopic (exact) mass is 231 g/mol. The molecule has 0 fully saturated rings. The van der Waals surface area contributed by atoms with Gasteiger partial charge in [0.1, 0.15) is 0 Å². The fraction of sp³-hybridized carbons (Fsp3) is 0. The second kappa shape index (κ2) is 3.21. The van der Waals surface area contributed by atoms with E-state index in [4.69, 9.17) is 11.6 Å². The van der Waals surface area contributed by atoms with Gasteiger partial charge in [-0.1, -0.05) is 18.2 Å². The van der Waals surface area contributed by atoms with Gasteiger partial charge in [0.2, 0.25) is 5.95 Å². The Kier molecular flexibility index (Phi) is 1.84. The van der Waals surface area contributed by atoms with Crippen LogP contribution in [-0.2, 0) is 0 Å². The van der Waals surface area contributed by atoms with Gasteiger partial charge in [0.05, 0.1) is 0 Å². The molecule has 6 heteroatoms. The topological polar surface area (TPSA) is 82.8 Å². The van der Waals surface area contributed by atoms with Crippen molar-refractivity contribution in [1.29, 1.82) is 0 Å². The summed E-state index contributed by atoms with van der Waals surface area (Å²) in [6.07, 6.45) is 0. The Hall–Kier alpha value is -2.08. The van der Waals surface area contributed by atoms with E-state index in [-0.39, 0.29) is 5.95 Å². The largest absolute Gasteiger partial charge is 0.366 e. The van der Waals surface area contributed by atoms with Gasteiger partial charge in [-0.25, -0.2) is 4.68 Å². The molecule has 5 nitrogen and oxygen atoms in total. The molecular formula is C10H9N5S. The molecule has 0 amide bonds. The second-order valence-electron chi connectivity index (χ2n) is 3.40. The zero-order valence-corrected chi connectivity index (χ0v) is 9.11. The summed E-state index contributed by atoms with van der Waals surface area (Å²) in [4.78, 5) is 0. The normalized spacial score (nSPS) is 11.0. The van der Waals surface area contributed by atoms with E-state index in [1.807, 2.05) is 23.6 Å². The minimum atomic E-state index is 0.213. The zero-order valence-electron chi connectivity index (χ0n) is 8.29. The van der Waals surface area contributed by atoms with Gasteiger partial charge < -0.3 is 11.6 Å². The van der Waals surface area contributed by atoms with Crippen LogP contribution in [0.25, 0.3) is 21.5 Å². The number of nitrogen functional groups attached to an aromatic ring is 2. The first-order valence-electron chi connectivity index (χ1n) is 4.70. The van der Waals surface area contributed by atoms with Crippen molar-refractivity contribution in [2.75, 3.05) is 11.6 Å². The van der Waals surface area contributed by atoms with Crippen molar-refractivity contribution >= 4 is 27.4 Å². The average Bonchev–Trinajstić information content (AvgIpc) is 2.85. The standard InChI is InChI=1S/C10H9N5S/c11-10-14-13-9(15(10)12)7-5-16-8-4-2-1-3-6(7)8/h1-5H,12H2,(H2,11,14). The summed E-state index contributed by atoms with van der Waals surface area (Å²) in [7, 11) is 0. The molecular weight excluding hydrogens is 222 g/mol. The molecule has 0 saturated carbocycles. The van der Waals surface area contributed by atoms with E-state index in [2.05, 4.69) is 16.3 Å². The van der Waals surface area contributed by atoms with Gasteiger partial charge >= 0.3 is 0 Å². The number of fused-ring (bicyclic) bond motifs is 1. The van der Waals surface area contributed by atoms with Crippen LogP contribution in [0.15, 0.2) is 29.6 Å². The highest BCUT2D eigenvalue weighted by Gasteiger charge is 2.13. The van der Waals surface area contributed by atoms with E-state index in [9.17, 15) is 0 Å². The summed E-state index contributed by atoms with van der Waals surface area (Å²) in [6.45, 7) is 0. The Morgan fingerprint density at radius 2 is 2.00 bits per heavy atom. The summed E-state index contributed by atoms with van der Waals surface area (Å²) in [5.74, 6) is 6.56. The number of hydrogen-bond donors (Lipinski definition) is 2. The molecule has 0 unspecified atom stereocenters. The van der Waals surface area contributed by atoms with E-state index in [0.29, 0.717) is 5.82 Å². The number of aromatic nitrogens is 3. The number of anilines is 1. The molecule has 0 bridgehead atoms. The molecule has 80 valence electrons. The number of thiophene rings is 1. The predicted octanol–water partition coefficient (Wildman–Crippen LogP) is 1.46. The maximum absolute atomic E-state index is 5.76. The Bertz CT molecular complexity index is 654. The maximum atomic E-state index is 5.76. The van der Waals surface area contributed by atoms with E-state index in [0.717, 1.165) is 10.9 Å². The molecule has 0 aliphatic rings. The number of benzene rings is 1. The van der Waals surface area contributed by atoms with Gasteiger partial charge in [0.25, 0.3) is 0 Å². The quantitative estimate of drug-likeness (QED) is 0.621. The van der Waals surface area contributed by atoms with E-state index in [1.165, 1.54) is 9.38 Å². The first-order chi connectivity index (χ1) is 7.77. The van der Waals surface area contributed by atoms with Gasteiger partial charge in [-0.3, -0.25) is 0 Å². The zero-order chi connectivity index (χ0) is 11.1. The Labute approximate surface area is 95.3 Å². The van der Waals surface area contributed by atoms with E-state index < -0.39 is 0 Å². The van der Waals surface area contributed by atoms with Gasteiger partial charge in [0.15, 0.2) is 5.82 Å². The predicted molar refractivity (Wildman–Crippen MR) is 65.4 cm³/mol. The third-order valence-electron chi connectivity index (χ3n) is 2.44. The highest BCUT2D eigenvalue weighted by atomic mass is 32.1. The third-order valence-corrected chi connectivity index (χ3v) is 3.41. The molecule has 3 rings (SSSR count). The SMILES string of the molecule is Nc1nnc(-c2csc3ccccc23)n1N. The van der Waals surface area contributed by atoms with Gasteiger partial charge in [-0.2, -0.15) is 0 Å². The molecule has 1 aromatic carbocycles. The van der Waals surface area contributed by atoms with Crippen LogP contribution in [-0.4, -0.2) is 14.9 Å². The van der Waals surface area contributed by atoms with Gasteiger partial charge in [-0.15, -0.1) is 21.5 Å². The Balaban J connectivity index is 2.30. The lowest BCUT2D eigenvalue weighted by atomic mass is 10.2. The van der Waals surface area contributed by atoms with Crippen LogP contribution in [0.1, 0.15) is 0 Å². The minimum Gasteiger partial charge on any atom is -0.366 e. The number of hydrogen-bond acceptors (Lipinski definition) is 5. The van der Waals surface area contributed by atoms with Crippen molar-refractivity contribution < 1.29 is 0 Å². The van der Waals surface area contributed by atoms with Crippen LogP contribution >= 0.6 is 11.3 Å². The molecule has 0 spiro atoms. The molecule has 2 aromatic heterocycles. The van der Waals surface area contributed by atoms with Crippen LogP contribution < -0.4 is 11.6 Å². The highest BCUT2D eigenvalue weighted by Crippen LogP contribution is 2.32. The van der Waals surface area contributed by atoms with Gasteiger partial charge in [-0.05, 0) is 6.07 Å². The maximum Gasteiger partial charge on any atom is 0.241 e. The highest BCUT2D eigenvalue weighted by molar-refractivity contribution is 7.17. The van der Waals surface area contributed by atoms with Crippen molar-refractivity contribution in [2.45, 2.75) is 0 Å². The minimum absolute atomic E-state index is 0.213. The summed E-state index contributed by atoms with van der Waals surface area (Å²) in [5, 5.41) is 10.9. The van der Waals surface area contributed by atoms with Crippen molar-refractivity contribution in [2.24, 2.45) is 0 Å². The summed E-state index contributed by atoms with van der Waals surface area (Å²) in [5.41, 5.74) is 6.52. The van der Waals surface area contributed by atoms with Crippen molar-refractivity contribution in [3.8, 4) is 11.4 Å². The first kappa shape index (κ1) is 9.17. The summed E-state index contributed by atoms with van der Waals surface area (Å²) >= 11 is 1.65. The number of rotatable bonds is 1. The number of nitrogens with zero attached hydrogens (tertiary/aromatic N) is 3. The molecule has 3 aromatic rings. The molecule has 4 N–H and O–H groups in total. The molecule has 16 heavy (non-hydrogen) atoms. The molecule has 0 radical (unpaired) electrons. The average molecular weight is 231 g/mol. The number of nitrogens with two attached hydrogens (primary N) is 2. The lowest BCUT2D eigenvalue weighted by Gasteiger charge is -1.99. The van der Waals surface area contributed by atoms with Crippen LogP contribution in [0.5, 0.6) is 0 Å². The molecule has 0 atom stereocenters. The Morgan fingerprint density at radius 3 is 2.75 bits per heavy atom. The molecule has 0 aliphatic carbocycles. The fourth-order valence-electron chi connectivity index (χ4n) is 1.64. The Morgan fingerprint density at radius 1 is 1.19 bits per heavy atom. The first-order valence-corrected chi connectivity index (χ1v) is 5.58. The van der Waals surface area contributed by atoms with Crippen LogP contribution in [0.3, 0.4) is 0 Å². The van der Waals surface area contributed by atoms with Crippen LogP contribution in [0.4, 0.5) is 5.95 Å². The van der Waals surface area contributed by atoms with Crippen molar-refractivity contribution in [1.82, 2.24) is 14.9 Å². The molecule has 0 aliphatic heterocycles. The van der Waals surface area contributed by atoms with E-state index >= 15 is 0 Å². The second-order valence-corrected chi connectivity index (χ2v) is 4.31. The van der Waals surface area contributed by atoms with Gasteiger partial charge in [0, 0.05) is 21.0 Å². The molecule has 0 saturated heterocycles. The lowest BCUT2D eigenvalue weighted by Crippen LogP contribution is -2.13. The summed E-state index contributed by atoms with van der Waals surface area (Å²) in [6, 6.07) is 8.08. The lowest BCUT2D eigenvalue weighted by molar-refractivity contribution is 1.02.